The summed E-state index contributed by atoms with van der Waals surface area (Å²) in [6.45, 7) is 1.63. The number of rotatable bonds is 7. The first kappa shape index (κ1) is 19.4. The van der Waals surface area contributed by atoms with Crippen LogP contribution in [-0.2, 0) is 4.79 Å². The van der Waals surface area contributed by atoms with E-state index in [0.29, 0.717) is 25.4 Å². The Morgan fingerprint density at radius 1 is 1.18 bits per heavy atom. The lowest BCUT2D eigenvalue weighted by Gasteiger charge is -2.32. The molecule has 1 saturated heterocycles. The Morgan fingerprint density at radius 3 is 2.54 bits per heavy atom. The third kappa shape index (κ3) is 5.09. The van der Waals surface area contributed by atoms with Crippen molar-refractivity contribution in [2.24, 2.45) is 5.92 Å². The van der Waals surface area contributed by atoms with Crippen molar-refractivity contribution >= 4 is 17.7 Å². The van der Waals surface area contributed by atoms with E-state index in [9.17, 15) is 19.7 Å². The normalized spacial score (nSPS) is 14.5. The number of nitrogens with zero attached hydrogens (tertiary/aromatic N) is 2. The highest BCUT2D eigenvalue weighted by atomic mass is 16.6. The average Bonchev–Trinajstić information content (AvgIpc) is 3.22. The summed E-state index contributed by atoms with van der Waals surface area (Å²) < 4.78 is 10.4. The number of carbonyl (C=O) groups excluding carboxylic acids is 2. The Morgan fingerprint density at radius 2 is 1.89 bits per heavy atom. The fourth-order valence-electron chi connectivity index (χ4n) is 3.01. The molecule has 148 valence electrons. The molecular formula is C19H21N3O6. The molecule has 1 aliphatic rings. The fourth-order valence-corrected chi connectivity index (χ4v) is 3.01. The molecule has 0 aliphatic carbocycles. The number of hydrogen-bond acceptors (Lipinski definition) is 6. The van der Waals surface area contributed by atoms with E-state index in [-0.39, 0.29) is 24.2 Å². The lowest BCUT2D eigenvalue weighted by molar-refractivity contribution is -0.402. The van der Waals surface area contributed by atoms with Crippen LogP contribution in [0.2, 0.25) is 0 Å². The van der Waals surface area contributed by atoms with Crippen LogP contribution in [0.4, 0.5) is 5.88 Å². The highest BCUT2D eigenvalue weighted by Gasteiger charge is 2.24. The molecule has 1 aromatic heterocycles. The zero-order chi connectivity index (χ0) is 19.9. The van der Waals surface area contributed by atoms with Crippen LogP contribution in [0.15, 0.2) is 46.9 Å². The second-order valence-electron chi connectivity index (χ2n) is 6.53. The van der Waals surface area contributed by atoms with Crippen LogP contribution in [0.5, 0.6) is 5.75 Å². The van der Waals surface area contributed by atoms with Gasteiger partial charge in [-0.15, -0.1) is 0 Å². The summed E-state index contributed by atoms with van der Waals surface area (Å²) in [5.74, 6) is -0.205. The van der Waals surface area contributed by atoms with Crippen molar-refractivity contribution in [3.63, 3.8) is 0 Å². The Kier molecular flexibility index (Phi) is 6.25. The topological polar surface area (TPSA) is 115 Å². The highest BCUT2D eigenvalue weighted by molar-refractivity contribution is 5.91. The number of carbonyl (C=O) groups is 2. The van der Waals surface area contributed by atoms with Gasteiger partial charge in [0.2, 0.25) is 0 Å². The Balaban J connectivity index is 1.38. The predicted molar refractivity (Wildman–Crippen MR) is 98.9 cm³/mol. The molecule has 9 nitrogen and oxygen atoms in total. The molecule has 1 aromatic carbocycles. The number of piperidine rings is 1. The molecule has 0 saturated carbocycles. The van der Waals surface area contributed by atoms with Crippen molar-refractivity contribution in [3.05, 3.63) is 58.3 Å². The molecule has 9 heteroatoms. The Labute approximate surface area is 161 Å². The number of benzene rings is 1. The smallest absolute Gasteiger partial charge is 0.433 e. The van der Waals surface area contributed by atoms with Crippen molar-refractivity contribution in [2.45, 2.75) is 12.8 Å². The number of amides is 2. The molecule has 0 radical (unpaired) electrons. The van der Waals surface area contributed by atoms with Crippen LogP contribution < -0.4 is 10.1 Å². The quantitative estimate of drug-likeness (QED) is 0.575. The maximum atomic E-state index is 12.3. The van der Waals surface area contributed by atoms with E-state index in [2.05, 4.69) is 5.32 Å². The fraction of sp³-hybridized carbons (Fsp3) is 0.368. The first-order chi connectivity index (χ1) is 13.5. The number of ether oxygens (including phenoxy) is 1. The second-order valence-corrected chi connectivity index (χ2v) is 6.53. The third-order valence-electron chi connectivity index (χ3n) is 4.62. The van der Waals surface area contributed by atoms with Crippen molar-refractivity contribution < 1.29 is 23.7 Å². The summed E-state index contributed by atoms with van der Waals surface area (Å²) >= 11 is 0. The summed E-state index contributed by atoms with van der Waals surface area (Å²) in [5, 5.41) is 13.3. The lowest BCUT2D eigenvalue weighted by atomic mass is 9.96. The molecule has 0 bridgehead atoms. The van der Waals surface area contributed by atoms with Crippen molar-refractivity contribution in [1.29, 1.82) is 0 Å². The maximum absolute atomic E-state index is 12.3. The molecule has 2 heterocycles. The van der Waals surface area contributed by atoms with Gasteiger partial charge in [0.25, 0.3) is 11.8 Å². The van der Waals surface area contributed by atoms with Gasteiger partial charge in [-0.3, -0.25) is 19.7 Å². The summed E-state index contributed by atoms with van der Waals surface area (Å²) in [6.07, 6.45) is 1.52. The summed E-state index contributed by atoms with van der Waals surface area (Å²) in [5.41, 5.74) is 0. The molecule has 1 aliphatic heterocycles. The Hall–Kier alpha value is -3.36. The molecule has 1 fully saturated rings. The van der Waals surface area contributed by atoms with Crippen molar-refractivity contribution in [2.75, 3.05) is 26.2 Å². The first-order valence-corrected chi connectivity index (χ1v) is 9.01. The van der Waals surface area contributed by atoms with Crippen LogP contribution in [0.3, 0.4) is 0 Å². The van der Waals surface area contributed by atoms with Gasteiger partial charge >= 0.3 is 5.88 Å². The molecule has 0 unspecified atom stereocenters. The first-order valence-electron chi connectivity index (χ1n) is 9.01. The zero-order valence-electron chi connectivity index (χ0n) is 15.2. The number of para-hydroxylation sites is 1. The minimum atomic E-state index is -0.689. The van der Waals surface area contributed by atoms with E-state index in [0.717, 1.165) is 18.9 Å². The van der Waals surface area contributed by atoms with Gasteiger partial charge in [0, 0.05) is 19.6 Å². The number of hydrogen-bond donors (Lipinski definition) is 1. The van der Waals surface area contributed by atoms with Crippen LogP contribution in [0, 0.1) is 16.0 Å². The van der Waals surface area contributed by atoms with E-state index in [1.807, 2.05) is 18.2 Å². The van der Waals surface area contributed by atoms with Gasteiger partial charge in [-0.1, -0.05) is 18.2 Å². The number of likely N-dealkylation sites (tertiary alicyclic amines) is 1. The number of nitro groups is 1. The van der Waals surface area contributed by atoms with E-state index in [1.165, 1.54) is 6.07 Å². The summed E-state index contributed by atoms with van der Waals surface area (Å²) in [7, 11) is 0. The van der Waals surface area contributed by atoms with Crippen molar-refractivity contribution in [1.82, 2.24) is 10.2 Å². The predicted octanol–water partition coefficient (Wildman–Crippen LogP) is 2.24. The van der Waals surface area contributed by atoms with Gasteiger partial charge in [-0.05, 0) is 37.0 Å². The van der Waals surface area contributed by atoms with Crippen LogP contribution in [0.25, 0.3) is 0 Å². The summed E-state index contributed by atoms with van der Waals surface area (Å²) in [6, 6.07) is 11.6. The SMILES string of the molecule is O=C(NCC1CCN(C(=O)COc2ccccc2)CC1)c1ccc([N+](=O)[O-])o1. The molecule has 28 heavy (non-hydrogen) atoms. The lowest BCUT2D eigenvalue weighted by Crippen LogP contribution is -2.43. The standard InChI is InChI=1S/C19H21N3O6/c23-17(13-27-15-4-2-1-3-5-15)21-10-8-14(9-11-21)12-20-19(24)16-6-7-18(28-16)22(25)26/h1-7,14H,8-13H2,(H,20,24). The number of nitrogens with one attached hydrogen (secondary N) is 1. The van der Waals surface area contributed by atoms with Gasteiger partial charge in [0.05, 0.1) is 6.07 Å². The van der Waals surface area contributed by atoms with Crippen molar-refractivity contribution in [3.8, 4) is 5.75 Å². The molecule has 0 spiro atoms. The van der Waals surface area contributed by atoms with Crippen LogP contribution in [-0.4, -0.2) is 47.9 Å². The van der Waals surface area contributed by atoms with Gasteiger partial charge in [0.1, 0.15) is 10.7 Å². The maximum Gasteiger partial charge on any atom is 0.433 e. The van der Waals surface area contributed by atoms with E-state index >= 15 is 0 Å². The van der Waals surface area contributed by atoms with Gasteiger partial charge in [-0.25, -0.2) is 0 Å². The van der Waals surface area contributed by atoms with E-state index in [4.69, 9.17) is 9.15 Å². The summed E-state index contributed by atoms with van der Waals surface area (Å²) in [4.78, 5) is 35.9. The van der Waals surface area contributed by atoms with Gasteiger partial charge in [-0.2, -0.15) is 0 Å². The average molecular weight is 387 g/mol. The molecule has 0 atom stereocenters. The van der Waals surface area contributed by atoms with Gasteiger partial charge in [0.15, 0.2) is 12.4 Å². The Bertz CT molecular complexity index is 827. The molecule has 2 aromatic rings. The van der Waals surface area contributed by atoms with Crippen LogP contribution >= 0.6 is 0 Å². The van der Waals surface area contributed by atoms with Gasteiger partial charge < -0.3 is 19.4 Å². The largest absolute Gasteiger partial charge is 0.484 e. The van der Waals surface area contributed by atoms with E-state index < -0.39 is 16.7 Å². The minimum Gasteiger partial charge on any atom is -0.484 e. The number of furan rings is 1. The molecule has 3 rings (SSSR count). The molecule has 1 N–H and O–H groups in total. The second kappa shape index (κ2) is 9.03. The zero-order valence-corrected chi connectivity index (χ0v) is 15.2. The minimum absolute atomic E-state index is 0.00267. The molecule has 2 amide bonds. The highest BCUT2D eigenvalue weighted by Crippen LogP contribution is 2.18. The monoisotopic (exact) mass is 387 g/mol. The van der Waals surface area contributed by atoms with Crippen LogP contribution in [0.1, 0.15) is 23.4 Å². The molecular weight excluding hydrogens is 366 g/mol. The third-order valence-corrected chi connectivity index (χ3v) is 4.62. The van der Waals surface area contributed by atoms with E-state index in [1.54, 1.807) is 17.0 Å².